The number of carbonyl (C=O) groups is 1. The van der Waals surface area contributed by atoms with Crippen LogP contribution in [0.4, 0.5) is 13.2 Å². The maximum atomic E-state index is 13.8. The molecule has 1 aliphatic heterocycles. The van der Waals surface area contributed by atoms with Crippen molar-refractivity contribution in [2.45, 2.75) is 23.7 Å². The van der Waals surface area contributed by atoms with Crippen molar-refractivity contribution in [2.75, 3.05) is 6.54 Å². The third-order valence-corrected chi connectivity index (χ3v) is 8.52. The third-order valence-electron chi connectivity index (χ3n) is 7.52. The van der Waals surface area contributed by atoms with Crippen molar-refractivity contribution < 1.29 is 35.3 Å². The number of benzene rings is 4. The zero-order chi connectivity index (χ0) is 29.5. The van der Waals surface area contributed by atoms with Crippen LogP contribution in [0.15, 0.2) is 121 Å². The second-order valence-electron chi connectivity index (χ2n) is 9.95. The van der Waals surface area contributed by atoms with Crippen molar-refractivity contribution >= 4 is 16.1 Å². The minimum absolute atomic E-state index is 0.0829. The van der Waals surface area contributed by atoms with Gasteiger partial charge in [-0.1, -0.05) is 109 Å². The van der Waals surface area contributed by atoms with Crippen LogP contribution >= 0.6 is 0 Å². The lowest BCUT2D eigenvalue weighted by atomic mass is 9.78. The van der Waals surface area contributed by atoms with Gasteiger partial charge in [0.1, 0.15) is 18.4 Å². The Kier molecular flexibility index (Phi) is 6.90. The van der Waals surface area contributed by atoms with Gasteiger partial charge in [0.25, 0.3) is 0 Å². The molecule has 4 aromatic carbocycles. The first-order valence-electron chi connectivity index (χ1n) is 13.1. The molecule has 2 aliphatic rings. The Balaban J connectivity index is 1.52. The van der Waals surface area contributed by atoms with Crippen molar-refractivity contribution in [1.29, 1.82) is 0 Å². The maximum absolute atomic E-state index is 13.8. The van der Waals surface area contributed by atoms with Crippen molar-refractivity contribution in [2.24, 2.45) is 0 Å². The minimum Gasteiger partial charge on any atom is -0.459 e. The van der Waals surface area contributed by atoms with Crippen molar-refractivity contribution in [1.82, 2.24) is 4.90 Å². The van der Waals surface area contributed by atoms with Crippen molar-refractivity contribution in [3.8, 4) is 11.1 Å². The van der Waals surface area contributed by atoms with Crippen LogP contribution in [0, 0.1) is 0 Å². The molecule has 1 aliphatic carbocycles. The van der Waals surface area contributed by atoms with Gasteiger partial charge in [-0.3, -0.25) is 4.90 Å². The highest BCUT2D eigenvalue weighted by Gasteiger charge is 2.56. The van der Waals surface area contributed by atoms with Crippen LogP contribution in [-0.2, 0) is 36.0 Å². The molecule has 0 aromatic heterocycles. The lowest BCUT2D eigenvalue weighted by Gasteiger charge is -2.43. The molecule has 1 heterocycles. The highest BCUT2D eigenvalue weighted by molar-refractivity contribution is 7.87. The van der Waals surface area contributed by atoms with Crippen LogP contribution in [-0.4, -0.2) is 37.4 Å². The molecule has 42 heavy (non-hydrogen) atoms. The molecular formula is C32H24F3NO5S. The molecule has 0 saturated heterocycles. The molecule has 0 unspecified atom stereocenters. The quantitative estimate of drug-likeness (QED) is 0.146. The number of fused-ring (bicyclic) bond motifs is 3. The highest BCUT2D eigenvalue weighted by atomic mass is 32.2. The van der Waals surface area contributed by atoms with E-state index in [1.807, 2.05) is 84.9 Å². The fourth-order valence-electron chi connectivity index (χ4n) is 5.84. The number of ether oxygens (including phenoxy) is 1. The number of carbonyl (C=O) groups excluding carboxylic acids is 1. The first-order chi connectivity index (χ1) is 20.1. The molecule has 0 bridgehead atoms. The van der Waals surface area contributed by atoms with E-state index in [9.17, 15) is 26.4 Å². The number of alkyl halides is 3. The normalized spacial score (nSPS) is 17.7. The predicted octanol–water partition coefficient (Wildman–Crippen LogP) is 6.14. The monoisotopic (exact) mass is 591 g/mol. The Morgan fingerprint density at radius 3 is 1.90 bits per heavy atom. The third kappa shape index (κ3) is 4.56. The highest BCUT2D eigenvalue weighted by Crippen LogP contribution is 2.56. The Bertz CT molecular complexity index is 1730. The van der Waals surface area contributed by atoms with E-state index in [1.54, 1.807) is 29.2 Å². The van der Waals surface area contributed by atoms with Gasteiger partial charge in [-0.15, -0.1) is 0 Å². The lowest BCUT2D eigenvalue weighted by Crippen LogP contribution is -2.52. The first-order valence-corrected chi connectivity index (χ1v) is 14.5. The summed E-state index contributed by atoms with van der Waals surface area (Å²) in [5.74, 6) is -1.29. The fraction of sp³-hybridized carbons (Fsp3) is 0.156. The van der Waals surface area contributed by atoms with Gasteiger partial charge in [-0.2, -0.15) is 21.6 Å². The van der Waals surface area contributed by atoms with E-state index >= 15 is 0 Å². The number of rotatable bonds is 7. The van der Waals surface area contributed by atoms with Gasteiger partial charge in [0, 0.05) is 0 Å². The summed E-state index contributed by atoms with van der Waals surface area (Å²) < 4.78 is 74.4. The largest absolute Gasteiger partial charge is 0.534 e. The van der Waals surface area contributed by atoms with Crippen LogP contribution in [0.3, 0.4) is 0 Å². The SMILES string of the molecule is O=C(OCc1ccccc1)[C@@H]1C=C(OS(=O)(=O)C(F)(F)F)CN1C1(c2ccccc2)c2ccccc2-c2ccccc21. The van der Waals surface area contributed by atoms with Gasteiger partial charge < -0.3 is 8.92 Å². The summed E-state index contributed by atoms with van der Waals surface area (Å²) in [6.45, 7) is -0.502. The van der Waals surface area contributed by atoms with Gasteiger partial charge in [-0.05, 0) is 39.5 Å². The average molecular weight is 592 g/mol. The van der Waals surface area contributed by atoms with Gasteiger partial charge >= 0.3 is 21.6 Å². The van der Waals surface area contributed by atoms with Gasteiger partial charge in [0.15, 0.2) is 0 Å². The van der Waals surface area contributed by atoms with Crippen LogP contribution in [0.5, 0.6) is 0 Å². The standard InChI is InChI=1S/C32H24F3NO5S/c33-32(34,35)42(38,39)41-24-19-29(30(37)40-21-22-11-3-1-4-12-22)36(20-24)31(23-13-5-2-6-14-23)27-17-9-7-15-25(27)26-16-8-10-18-28(26)31/h1-19,29H,20-21H2/t29-/m0/s1. The topological polar surface area (TPSA) is 72.9 Å². The molecular weight excluding hydrogens is 567 g/mol. The van der Waals surface area contributed by atoms with Crippen molar-refractivity contribution in [3.63, 3.8) is 0 Å². The molecule has 0 saturated carbocycles. The predicted molar refractivity (Wildman–Crippen MR) is 149 cm³/mol. The van der Waals surface area contributed by atoms with Crippen LogP contribution in [0.2, 0.25) is 0 Å². The van der Waals surface area contributed by atoms with Crippen LogP contribution < -0.4 is 0 Å². The summed E-state index contributed by atoms with van der Waals surface area (Å²) in [5, 5.41) is 0. The van der Waals surface area contributed by atoms with E-state index in [-0.39, 0.29) is 6.61 Å². The Labute approximate surface area is 240 Å². The minimum atomic E-state index is -5.99. The van der Waals surface area contributed by atoms with E-state index in [4.69, 9.17) is 4.74 Å². The van der Waals surface area contributed by atoms with E-state index in [2.05, 4.69) is 4.18 Å². The van der Waals surface area contributed by atoms with Gasteiger partial charge in [-0.25, -0.2) is 4.79 Å². The second kappa shape index (κ2) is 10.5. The number of hydrogen-bond acceptors (Lipinski definition) is 6. The zero-order valence-electron chi connectivity index (χ0n) is 22.0. The summed E-state index contributed by atoms with van der Waals surface area (Å²) in [4.78, 5) is 15.4. The summed E-state index contributed by atoms with van der Waals surface area (Å²) in [7, 11) is -5.99. The Morgan fingerprint density at radius 1 is 0.810 bits per heavy atom. The number of nitrogens with zero attached hydrogens (tertiary/aromatic N) is 1. The average Bonchev–Trinajstić information content (AvgIpc) is 3.53. The Morgan fingerprint density at radius 2 is 1.33 bits per heavy atom. The molecule has 10 heteroatoms. The van der Waals surface area contributed by atoms with E-state index in [0.29, 0.717) is 5.56 Å². The van der Waals surface area contributed by atoms with E-state index in [1.165, 1.54) is 0 Å². The maximum Gasteiger partial charge on any atom is 0.534 e. The number of esters is 1. The molecule has 214 valence electrons. The molecule has 0 spiro atoms. The molecule has 6 nitrogen and oxygen atoms in total. The smallest absolute Gasteiger partial charge is 0.459 e. The molecule has 0 radical (unpaired) electrons. The molecule has 0 amide bonds. The molecule has 0 N–H and O–H groups in total. The number of halogens is 3. The summed E-state index contributed by atoms with van der Waals surface area (Å²) in [6, 6.07) is 32.0. The summed E-state index contributed by atoms with van der Waals surface area (Å²) in [6.07, 6.45) is 1.10. The molecule has 6 rings (SSSR count). The van der Waals surface area contributed by atoms with E-state index in [0.717, 1.165) is 33.9 Å². The van der Waals surface area contributed by atoms with Gasteiger partial charge in [0.2, 0.25) is 0 Å². The zero-order valence-corrected chi connectivity index (χ0v) is 22.8. The molecule has 0 fully saturated rings. The van der Waals surface area contributed by atoms with Crippen LogP contribution in [0.1, 0.15) is 22.3 Å². The number of hydrogen-bond donors (Lipinski definition) is 0. The lowest BCUT2D eigenvalue weighted by molar-refractivity contribution is -0.150. The van der Waals surface area contributed by atoms with Crippen LogP contribution in [0.25, 0.3) is 11.1 Å². The Hall–Kier alpha value is -4.41. The summed E-state index contributed by atoms with van der Waals surface area (Å²) >= 11 is 0. The molecule has 4 aromatic rings. The molecule has 1 atom stereocenters. The first kappa shape index (κ1) is 27.7. The van der Waals surface area contributed by atoms with E-state index < -0.39 is 45.5 Å². The van der Waals surface area contributed by atoms with Crippen molar-refractivity contribution in [3.05, 3.63) is 143 Å². The van der Waals surface area contributed by atoms with Gasteiger partial charge in [0.05, 0.1) is 12.1 Å². The fourth-order valence-corrected chi connectivity index (χ4v) is 6.33. The second-order valence-corrected chi connectivity index (χ2v) is 11.5. The summed E-state index contributed by atoms with van der Waals surface area (Å²) in [5.41, 5.74) is -2.07.